The second-order valence-electron chi connectivity index (χ2n) is 5.41. The Kier molecular flexibility index (Phi) is 4.81. The van der Waals surface area contributed by atoms with E-state index in [1.807, 2.05) is 0 Å². The van der Waals surface area contributed by atoms with E-state index in [1.54, 1.807) is 12.1 Å². The number of sulfone groups is 1. The van der Waals surface area contributed by atoms with Gasteiger partial charge in [-0.15, -0.1) is 0 Å². The number of carbonyl (C=O) groups is 2. The maximum Gasteiger partial charge on any atom is 0.330 e. The minimum Gasteiger partial charge on any atom is -0.479 e. The lowest BCUT2D eigenvalue weighted by Crippen LogP contribution is -2.54. The Bertz CT molecular complexity index is 676. The predicted molar refractivity (Wildman–Crippen MR) is 84.8 cm³/mol. The molecule has 1 amide bonds. The van der Waals surface area contributed by atoms with E-state index >= 15 is 0 Å². The number of carbonyl (C=O) groups excluding carboxylic acids is 1. The van der Waals surface area contributed by atoms with Crippen LogP contribution >= 0.6 is 11.8 Å². The number of hydrogen-bond donors (Lipinski definition) is 2. The normalized spacial score (nSPS) is 21.5. The van der Waals surface area contributed by atoms with E-state index in [2.05, 4.69) is 5.32 Å². The molecule has 6 nitrogen and oxygen atoms in total. The summed E-state index contributed by atoms with van der Waals surface area (Å²) in [5.41, 5.74) is -0.314. The molecule has 2 rings (SSSR count). The van der Waals surface area contributed by atoms with E-state index in [1.165, 1.54) is 23.9 Å². The van der Waals surface area contributed by atoms with Crippen molar-refractivity contribution in [3.05, 3.63) is 35.4 Å². The summed E-state index contributed by atoms with van der Waals surface area (Å²) in [5.74, 6) is -0.541. The molecule has 1 aliphatic rings. The molecular weight excluding hydrogens is 326 g/mol. The second-order valence-corrected chi connectivity index (χ2v) is 8.66. The van der Waals surface area contributed by atoms with Gasteiger partial charge in [0, 0.05) is 17.6 Å². The van der Waals surface area contributed by atoms with Gasteiger partial charge in [-0.25, -0.2) is 13.2 Å². The SMILES string of the molecule is CS(=O)(=O)Cc1ccc(C(=O)NC2(C(=O)O)CCSC2)cc1. The zero-order valence-electron chi connectivity index (χ0n) is 12.0. The molecule has 1 fully saturated rings. The van der Waals surface area contributed by atoms with Gasteiger partial charge in [-0.3, -0.25) is 4.79 Å². The molecule has 1 aromatic rings. The molecule has 0 spiro atoms. The molecule has 2 N–H and O–H groups in total. The van der Waals surface area contributed by atoms with Gasteiger partial charge in [-0.05, 0) is 29.9 Å². The summed E-state index contributed by atoms with van der Waals surface area (Å²) in [6.45, 7) is 0. The number of amides is 1. The molecule has 1 heterocycles. The maximum absolute atomic E-state index is 12.2. The van der Waals surface area contributed by atoms with E-state index in [9.17, 15) is 23.1 Å². The summed E-state index contributed by atoms with van der Waals surface area (Å²) in [6, 6.07) is 6.14. The molecule has 0 saturated carbocycles. The fourth-order valence-electron chi connectivity index (χ4n) is 2.23. The van der Waals surface area contributed by atoms with Crippen LogP contribution in [0.5, 0.6) is 0 Å². The number of carboxylic acids is 1. The summed E-state index contributed by atoms with van der Waals surface area (Å²) in [5, 5.41) is 11.9. The Morgan fingerprint density at radius 2 is 1.95 bits per heavy atom. The van der Waals surface area contributed by atoms with Crippen molar-refractivity contribution in [3.8, 4) is 0 Å². The molecule has 1 atom stereocenters. The van der Waals surface area contributed by atoms with Crippen LogP contribution < -0.4 is 5.32 Å². The lowest BCUT2D eigenvalue weighted by atomic mass is 9.98. The van der Waals surface area contributed by atoms with Gasteiger partial charge in [0.05, 0.1) is 5.75 Å². The van der Waals surface area contributed by atoms with Crippen molar-refractivity contribution >= 4 is 33.5 Å². The monoisotopic (exact) mass is 343 g/mol. The van der Waals surface area contributed by atoms with Gasteiger partial charge in [0.1, 0.15) is 5.54 Å². The molecule has 120 valence electrons. The predicted octanol–water partition coefficient (Wildman–Crippen LogP) is 0.921. The van der Waals surface area contributed by atoms with Crippen LogP contribution in [0.2, 0.25) is 0 Å². The first-order chi connectivity index (χ1) is 10.2. The maximum atomic E-state index is 12.2. The van der Waals surface area contributed by atoms with Gasteiger partial charge in [0.2, 0.25) is 0 Å². The van der Waals surface area contributed by atoms with Crippen molar-refractivity contribution < 1.29 is 23.1 Å². The van der Waals surface area contributed by atoms with E-state index in [0.29, 0.717) is 29.1 Å². The number of thioether (sulfide) groups is 1. The van der Waals surface area contributed by atoms with Crippen LogP contribution in [0.3, 0.4) is 0 Å². The summed E-state index contributed by atoms with van der Waals surface area (Å²) < 4.78 is 22.4. The zero-order valence-corrected chi connectivity index (χ0v) is 13.7. The molecule has 22 heavy (non-hydrogen) atoms. The van der Waals surface area contributed by atoms with Gasteiger partial charge in [-0.2, -0.15) is 11.8 Å². The molecule has 0 aromatic heterocycles. The first-order valence-electron chi connectivity index (χ1n) is 6.62. The molecule has 1 aliphatic heterocycles. The van der Waals surface area contributed by atoms with Crippen molar-refractivity contribution in [1.29, 1.82) is 0 Å². The minimum absolute atomic E-state index is 0.0927. The van der Waals surface area contributed by atoms with Gasteiger partial charge in [0.25, 0.3) is 5.91 Å². The first kappa shape index (κ1) is 16.8. The van der Waals surface area contributed by atoms with Crippen LogP contribution in [0, 0.1) is 0 Å². The fourth-order valence-corrected chi connectivity index (χ4v) is 4.35. The van der Waals surface area contributed by atoms with Crippen molar-refractivity contribution in [3.63, 3.8) is 0 Å². The van der Waals surface area contributed by atoms with E-state index < -0.39 is 27.3 Å². The van der Waals surface area contributed by atoms with Crippen LogP contribution in [-0.2, 0) is 20.4 Å². The van der Waals surface area contributed by atoms with Gasteiger partial charge >= 0.3 is 5.97 Å². The smallest absolute Gasteiger partial charge is 0.330 e. The van der Waals surface area contributed by atoms with Gasteiger partial charge in [0.15, 0.2) is 9.84 Å². The average molecular weight is 343 g/mol. The molecule has 1 unspecified atom stereocenters. The highest BCUT2D eigenvalue weighted by molar-refractivity contribution is 7.99. The molecule has 8 heteroatoms. The lowest BCUT2D eigenvalue weighted by Gasteiger charge is -2.24. The Labute approximate surface area is 133 Å². The van der Waals surface area contributed by atoms with Crippen LogP contribution in [0.15, 0.2) is 24.3 Å². The standard InChI is InChI=1S/C14H17NO5S2/c1-22(19,20)8-10-2-4-11(5-3-10)12(16)15-14(13(17)18)6-7-21-9-14/h2-5H,6-9H2,1H3,(H,15,16)(H,17,18). The number of carboxylic acid groups (broad SMARTS) is 1. The Balaban J connectivity index is 2.11. The van der Waals surface area contributed by atoms with Gasteiger partial charge < -0.3 is 10.4 Å². The zero-order chi connectivity index (χ0) is 16.4. The number of nitrogens with one attached hydrogen (secondary N) is 1. The summed E-state index contributed by atoms with van der Waals surface area (Å²) in [6.07, 6.45) is 1.53. The van der Waals surface area contributed by atoms with Gasteiger partial charge in [-0.1, -0.05) is 12.1 Å². The van der Waals surface area contributed by atoms with Crippen LogP contribution in [0.4, 0.5) is 0 Å². The highest BCUT2D eigenvalue weighted by Gasteiger charge is 2.43. The summed E-state index contributed by atoms with van der Waals surface area (Å²) in [4.78, 5) is 23.6. The molecule has 0 aliphatic carbocycles. The van der Waals surface area contributed by atoms with E-state index in [4.69, 9.17) is 0 Å². The third-order valence-electron chi connectivity index (χ3n) is 3.43. The minimum atomic E-state index is -3.13. The molecule has 0 radical (unpaired) electrons. The van der Waals surface area contributed by atoms with Crippen molar-refractivity contribution in [2.45, 2.75) is 17.7 Å². The lowest BCUT2D eigenvalue weighted by molar-refractivity contribution is -0.143. The van der Waals surface area contributed by atoms with E-state index in [-0.39, 0.29) is 5.75 Å². The fraction of sp³-hybridized carbons (Fsp3) is 0.429. The quantitative estimate of drug-likeness (QED) is 0.824. The number of hydrogen-bond acceptors (Lipinski definition) is 5. The van der Waals surface area contributed by atoms with Crippen LogP contribution in [-0.4, -0.2) is 48.7 Å². The number of aliphatic carboxylic acids is 1. The summed E-state index contributed by atoms with van der Waals surface area (Å²) in [7, 11) is -3.13. The third kappa shape index (κ3) is 4.01. The molecule has 1 saturated heterocycles. The highest BCUT2D eigenvalue weighted by Crippen LogP contribution is 2.28. The number of benzene rings is 1. The number of rotatable bonds is 5. The second kappa shape index (κ2) is 6.29. The Morgan fingerprint density at radius 3 is 2.41 bits per heavy atom. The molecular formula is C14H17NO5S2. The summed E-state index contributed by atoms with van der Waals surface area (Å²) >= 11 is 1.49. The van der Waals surface area contributed by atoms with Crippen LogP contribution in [0.25, 0.3) is 0 Å². The van der Waals surface area contributed by atoms with Crippen molar-refractivity contribution in [1.82, 2.24) is 5.32 Å². The van der Waals surface area contributed by atoms with Crippen molar-refractivity contribution in [2.24, 2.45) is 0 Å². The van der Waals surface area contributed by atoms with Crippen molar-refractivity contribution in [2.75, 3.05) is 17.8 Å². The topological polar surface area (TPSA) is 101 Å². The highest BCUT2D eigenvalue weighted by atomic mass is 32.2. The first-order valence-corrected chi connectivity index (χ1v) is 9.84. The Morgan fingerprint density at radius 1 is 1.32 bits per heavy atom. The molecule has 0 bridgehead atoms. The van der Waals surface area contributed by atoms with Crippen LogP contribution in [0.1, 0.15) is 22.3 Å². The average Bonchev–Trinajstić information content (AvgIpc) is 2.87. The molecule has 1 aromatic carbocycles. The van der Waals surface area contributed by atoms with E-state index in [0.717, 1.165) is 6.26 Å². The third-order valence-corrected chi connectivity index (χ3v) is 5.48. The Hall–Kier alpha value is -1.54. The largest absolute Gasteiger partial charge is 0.479 e.